The lowest BCUT2D eigenvalue weighted by atomic mass is 10.1. The van der Waals surface area contributed by atoms with Crippen molar-refractivity contribution in [2.24, 2.45) is 0 Å². The second kappa shape index (κ2) is 12.6. The first-order valence-corrected chi connectivity index (χ1v) is 16.0. The van der Waals surface area contributed by atoms with Crippen LogP contribution in [0.4, 0.5) is 29.0 Å². The molecule has 7 aromatic rings. The maximum atomic E-state index is 6.01. The Morgan fingerprint density at radius 3 is 2.53 bits per heavy atom. The van der Waals surface area contributed by atoms with Crippen LogP contribution in [-0.4, -0.2) is 57.7 Å². The number of morpholine rings is 1. The number of nitrogens with one attached hydrogen (secondary N) is 2. The molecule has 4 aromatic heterocycles. The van der Waals surface area contributed by atoms with E-state index >= 15 is 0 Å². The number of imidazole rings is 1. The second-order valence-electron chi connectivity index (χ2n) is 10.9. The smallest absolute Gasteiger partial charge is 0.299 e. The Morgan fingerprint density at radius 2 is 1.70 bits per heavy atom. The van der Waals surface area contributed by atoms with Gasteiger partial charge in [-0.15, -0.1) is 11.3 Å². The summed E-state index contributed by atoms with van der Waals surface area (Å²) < 4.78 is 18.8. The number of hydrogen-bond donors (Lipinski definition) is 2. The van der Waals surface area contributed by atoms with Gasteiger partial charge in [0.15, 0.2) is 10.7 Å². The fourth-order valence-corrected chi connectivity index (χ4v) is 6.29. The summed E-state index contributed by atoms with van der Waals surface area (Å²) in [7, 11) is 1.64. The van der Waals surface area contributed by atoms with Crippen molar-refractivity contribution in [2.45, 2.75) is 0 Å². The van der Waals surface area contributed by atoms with Gasteiger partial charge >= 0.3 is 0 Å². The van der Waals surface area contributed by atoms with Crippen LogP contribution < -0.4 is 20.3 Å². The van der Waals surface area contributed by atoms with Crippen LogP contribution in [0.1, 0.15) is 0 Å². The third-order valence-corrected chi connectivity index (χ3v) is 8.68. The quantitative estimate of drug-likeness (QED) is 0.164. The summed E-state index contributed by atoms with van der Waals surface area (Å²) in [5.74, 6) is 1.94. The molecule has 1 aliphatic heterocycles. The van der Waals surface area contributed by atoms with Gasteiger partial charge in [-0.05, 0) is 66.7 Å². The predicted octanol–water partition coefficient (Wildman–Crippen LogP) is 7.51. The normalized spacial score (nSPS) is 13.2. The third kappa shape index (κ3) is 5.99. The molecule has 47 heavy (non-hydrogen) atoms. The van der Waals surface area contributed by atoms with Gasteiger partial charge in [0.2, 0.25) is 5.95 Å². The van der Waals surface area contributed by atoms with E-state index in [4.69, 9.17) is 23.9 Å². The van der Waals surface area contributed by atoms with Crippen molar-refractivity contribution in [3.63, 3.8) is 0 Å². The minimum absolute atomic E-state index is 0.392. The zero-order chi connectivity index (χ0) is 31.6. The minimum atomic E-state index is 0.392. The summed E-state index contributed by atoms with van der Waals surface area (Å²) in [5.41, 5.74) is 7.18. The lowest BCUT2D eigenvalue weighted by molar-refractivity contribution is 0.122. The number of benzene rings is 3. The number of nitrogens with zero attached hydrogens (tertiary/aromatic N) is 6. The van der Waals surface area contributed by atoms with Gasteiger partial charge in [0.05, 0.1) is 37.9 Å². The molecule has 12 heteroatoms. The molecule has 2 N–H and O–H groups in total. The number of thiazole rings is 1. The molecule has 0 radical (unpaired) electrons. The van der Waals surface area contributed by atoms with Gasteiger partial charge in [0.1, 0.15) is 11.4 Å². The van der Waals surface area contributed by atoms with E-state index < -0.39 is 0 Å². The number of anilines is 5. The van der Waals surface area contributed by atoms with E-state index in [1.165, 1.54) is 5.69 Å². The highest BCUT2D eigenvalue weighted by Gasteiger charge is 2.19. The maximum absolute atomic E-state index is 6.01. The predicted molar refractivity (Wildman–Crippen MR) is 184 cm³/mol. The molecule has 0 unspecified atom stereocenters. The zero-order valence-electron chi connectivity index (χ0n) is 25.5. The summed E-state index contributed by atoms with van der Waals surface area (Å²) in [6.45, 7) is 3.30. The van der Waals surface area contributed by atoms with E-state index in [1.54, 1.807) is 30.8 Å². The molecule has 0 atom stereocenters. The Morgan fingerprint density at radius 1 is 0.851 bits per heavy atom. The Labute approximate surface area is 274 Å². The van der Waals surface area contributed by atoms with E-state index in [1.807, 2.05) is 66.2 Å². The Bertz CT molecular complexity index is 2130. The lowest BCUT2D eigenvalue weighted by Crippen LogP contribution is -2.36. The average Bonchev–Trinajstić information content (AvgIpc) is 3.87. The van der Waals surface area contributed by atoms with Crippen molar-refractivity contribution >= 4 is 45.3 Å². The minimum Gasteiger partial charge on any atom is -0.497 e. The highest BCUT2D eigenvalue weighted by atomic mass is 32.1. The lowest BCUT2D eigenvalue weighted by Gasteiger charge is -2.28. The molecule has 0 aliphatic carbocycles. The SMILES string of the molecule is COc1ccc(-c2cnc(Nc3cccc(-c4nc5sccn5c4-c4ccnc(Nc5ccc(N6CCOCC6)cc5)n4)c3)o2)cc1. The molecule has 5 heterocycles. The number of aromatic nitrogens is 5. The number of fused-ring (bicyclic) bond motifs is 1. The molecule has 234 valence electrons. The third-order valence-electron chi connectivity index (χ3n) is 7.93. The number of hydrogen-bond acceptors (Lipinski definition) is 11. The monoisotopic (exact) mass is 642 g/mol. The molecule has 8 rings (SSSR count). The topological polar surface area (TPSA) is 115 Å². The maximum Gasteiger partial charge on any atom is 0.299 e. The molecule has 3 aromatic carbocycles. The van der Waals surface area contributed by atoms with Crippen molar-refractivity contribution in [3.05, 3.63) is 103 Å². The number of methoxy groups -OCH3 is 1. The summed E-state index contributed by atoms with van der Waals surface area (Å²) in [6.07, 6.45) is 5.49. The fourth-order valence-electron chi connectivity index (χ4n) is 5.58. The summed E-state index contributed by atoms with van der Waals surface area (Å²) in [4.78, 5) is 22.1. The van der Waals surface area contributed by atoms with E-state index in [2.05, 4.69) is 54.2 Å². The van der Waals surface area contributed by atoms with Crippen molar-refractivity contribution in [2.75, 3.05) is 48.9 Å². The first-order chi connectivity index (χ1) is 23.2. The van der Waals surface area contributed by atoms with Crippen molar-refractivity contribution in [1.29, 1.82) is 0 Å². The van der Waals surface area contributed by atoms with Crippen molar-refractivity contribution < 1.29 is 13.9 Å². The summed E-state index contributed by atoms with van der Waals surface area (Å²) in [5, 5.41) is 8.68. The van der Waals surface area contributed by atoms with Gasteiger partial charge in [0, 0.05) is 59.1 Å². The molecule has 1 saturated heterocycles. The second-order valence-corrected chi connectivity index (χ2v) is 11.7. The highest BCUT2D eigenvalue weighted by Crippen LogP contribution is 2.35. The van der Waals surface area contributed by atoms with E-state index in [0.29, 0.717) is 17.7 Å². The largest absolute Gasteiger partial charge is 0.497 e. The molecular weight excluding hydrogens is 613 g/mol. The van der Waals surface area contributed by atoms with Gasteiger partial charge in [-0.1, -0.05) is 12.1 Å². The zero-order valence-corrected chi connectivity index (χ0v) is 26.3. The molecular formula is C35H30N8O3S. The van der Waals surface area contributed by atoms with Crippen LogP contribution in [-0.2, 0) is 4.74 Å². The van der Waals surface area contributed by atoms with Crippen molar-refractivity contribution in [3.8, 4) is 39.7 Å². The van der Waals surface area contributed by atoms with Gasteiger partial charge in [0.25, 0.3) is 6.01 Å². The first kappa shape index (κ1) is 28.7. The molecule has 0 amide bonds. The van der Waals surface area contributed by atoms with Gasteiger partial charge < -0.3 is 29.4 Å². The first-order valence-electron chi connectivity index (χ1n) is 15.2. The Hall–Kier alpha value is -5.72. The summed E-state index contributed by atoms with van der Waals surface area (Å²) in [6, 6.07) is 26.3. The van der Waals surface area contributed by atoms with Gasteiger partial charge in [-0.25, -0.2) is 19.9 Å². The van der Waals surface area contributed by atoms with Crippen LogP contribution in [0, 0.1) is 0 Å². The molecule has 1 fully saturated rings. The number of oxazole rings is 1. The van der Waals surface area contributed by atoms with Crippen LogP contribution >= 0.6 is 11.3 Å². The number of ether oxygens (including phenoxy) is 2. The van der Waals surface area contributed by atoms with Crippen LogP contribution in [0.3, 0.4) is 0 Å². The van der Waals surface area contributed by atoms with Crippen LogP contribution in [0.2, 0.25) is 0 Å². The molecule has 0 saturated carbocycles. The summed E-state index contributed by atoms with van der Waals surface area (Å²) >= 11 is 1.57. The van der Waals surface area contributed by atoms with Crippen LogP contribution in [0.5, 0.6) is 5.75 Å². The fraction of sp³-hybridized carbons (Fsp3) is 0.143. The van der Waals surface area contributed by atoms with Gasteiger partial charge in [-0.3, -0.25) is 4.40 Å². The van der Waals surface area contributed by atoms with Gasteiger partial charge in [-0.2, -0.15) is 0 Å². The van der Waals surface area contributed by atoms with E-state index in [0.717, 1.165) is 76.6 Å². The van der Waals surface area contributed by atoms with Crippen LogP contribution in [0.25, 0.3) is 38.9 Å². The van der Waals surface area contributed by atoms with Crippen LogP contribution in [0.15, 0.2) is 107 Å². The van der Waals surface area contributed by atoms with Crippen molar-refractivity contribution in [1.82, 2.24) is 24.3 Å². The standard InChI is InChI=1S/C35H30N8O3S/c1-44-28-11-5-23(6-12-28)30-22-37-34(46-30)39-26-4-2-3-24(21-26)31-32(43-17-20-47-35(43)41-31)29-13-14-36-33(40-29)38-25-7-9-27(10-8-25)42-15-18-45-19-16-42/h2-14,17,20-22H,15-16,18-19H2,1H3,(H,37,39)(H,36,38,40). The Kier molecular flexibility index (Phi) is 7.69. The van der Waals surface area contributed by atoms with E-state index in [9.17, 15) is 0 Å². The van der Waals surface area contributed by atoms with E-state index in [-0.39, 0.29) is 0 Å². The average molecular weight is 643 g/mol. The highest BCUT2D eigenvalue weighted by molar-refractivity contribution is 7.15. The molecule has 11 nitrogen and oxygen atoms in total. The molecule has 1 aliphatic rings. The molecule has 0 spiro atoms. The number of rotatable bonds is 9. The Balaban J connectivity index is 1.05. The molecule has 0 bridgehead atoms.